The summed E-state index contributed by atoms with van der Waals surface area (Å²) in [5, 5.41) is 5.52. The number of aromatic nitrogens is 2. The fourth-order valence-corrected chi connectivity index (χ4v) is 3.76. The van der Waals surface area contributed by atoms with E-state index in [0.29, 0.717) is 5.92 Å². The largest absolute Gasteiger partial charge is 0.433 e. The zero-order valence-electron chi connectivity index (χ0n) is 13.5. The molecule has 1 N–H and O–H groups in total. The van der Waals surface area contributed by atoms with Gasteiger partial charge in [0.1, 0.15) is 10.7 Å². The number of pyridine rings is 1. The highest BCUT2D eigenvalue weighted by atomic mass is 32.1. The fraction of sp³-hybridized carbons (Fsp3) is 0.471. The zero-order chi connectivity index (χ0) is 17.9. The van der Waals surface area contributed by atoms with Gasteiger partial charge in [0.2, 0.25) is 0 Å². The quantitative estimate of drug-likeness (QED) is 0.861. The van der Waals surface area contributed by atoms with Crippen LogP contribution in [0.1, 0.15) is 64.8 Å². The molecule has 0 radical (unpaired) electrons. The van der Waals surface area contributed by atoms with Crippen LogP contribution in [-0.4, -0.2) is 15.9 Å². The summed E-state index contributed by atoms with van der Waals surface area (Å²) in [4.78, 5) is 19.9. The summed E-state index contributed by atoms with van der Waals surface area (Å²) >= 11 is 1.50. The summed E-state index contributed by atoms with van der Waals surface area (Å²) < 4.78 is 37.4. The Kier molecular flexibility index (Phi) is 5.36. The first-order chi connectivity index (χ1) is 11.9. The van der Waals surface area contributed by atoms with Crippen LogP contribution < -0.4 is 5.32 Å². The number of rotatable bonds is 4. The molecule has 134 valence electrons. The van der Waals surface area contributed by atoms with Crippen LogP contribution in [0.2, 0.25) is 0 Å². The number of carbonyl (C=O) groups excluding carboxylic acids is 1. The molecule has 25 heavy (non-hydrogen) atoms. The van der Waals surface area contributed by atoms with Gasteiger partial charge >= 0.3 is 6.18 Å². The van der Waals surface area contributed by atoms with Gasteiger partial charge in [0.25, 0.3) is 5.91 Å². The van der Waals surface area contributed by atoms with Crippen molar-refractivity contribution in [1.29, 1.82) is 0 Å². The van der Waals surface area contributed by atoms with Crippen molar-refractivity contribution < 1.29 is 18.0 Å². The van der Waals surface area contributed by atoms with Crippen molar-refractivity contribution in [3.63, 3.8) is 0 Å². The lowest BCUT2D eigenvalue weighted by atomic mass is 9.87. The molecule has 0 spiro atoms. The first-order valence-electron chi connectivity index (χ1n) is 8.19. The molecule has 8 heteroatoms. The molecular formula is C17H18F3N3OS. The van der Waals surface area contributed by atoms with E-state index >= 15 is 0 Å². The first kappa shape index (κ1) is 17.8. The number of hydrogen-bond donors (Lipinski definition) is 1. The third kappa shape index (κ3) is 4.56. The lowest BCUT2D eigenvalue weighted by Gasteiger charge is -2.19. The van der Waals surface area contributed by atoms with Crippen molar-refractivity contribution in [3.05, 3.63) is 45.7 Å². The highest BCUT2D eigenvalue weighted by Gasteiger charge is 2.32. The molecule has 0 bridgehead atoms. The van der Waals surface area contributed by atoms with Gasteiger partial charge in [-0.25, -0.2) is 4.98 Å². The molecular weight excluding hydrogens is 351 g/mol. The molecule has 0 unspecified atom stereocenters. The van der Waals surface area contributed by atoms with Crippen LogP contribution in [0.3, 0.4) is 0 Å². The Morgan fingerprint density at radius 1 is 1.24 bits per heavy atom. The second-order valence-electron chi connectivity index (χ2n) is 6.11. The predicted molar refractivity (Wildman–Crippen MR) is 88.3 cm³/mol. The zero-order valence-corrected chi connectivity index (χ0v) is 14.3. The number of hydrogen-bond acceptors (Lipinski definition) is 4. The van der Waals surface area contributed by atoms with E-state index in [-0.39, 0.29) is 12.1 Å². The van der Waals surface area contributed by atoms with Gasteiger partial charge in [-0.3, -0.25) is 9.78 Å². The summed E-state index contributed by atoms with van der Waals surface area (Å²) in [6.45, 7) is 0.261. The van der Waals surface area contributed by atoms with Crippen LogP contribution >= 0.6 is 11.3 Å². The minimum absolute atomic E-state index is 0.0945. The van der Waals surface area contributed by atoms with E-state index < -0.39 is 17.8 Å². The average Bonchev–Trinajstić information content (AvgIpc) is 3.09. The van der Waals surface area contributed by atoms with E-state index in [4.69, 9.17) is 0 Å². The highest BCUT2D eigenvalue weighted by Crippen LogP contribution is 2.33. The van der Waals surface area contributed by atoms with E-state index in [0.717, 1.165) is 41.9 Å². The van der Waals surface area contributed by atoms with E-state index in [1.165, 1.54) is 30.6 Å². The van der Waals surface area contributed by atoms with Crippen LogP contribution in [0.4, 0.5) is 13.2 Å². The van der Waals surface area contributed by atoms with Gasteiger partial charge in [0, 0.05) is 17.5 Å². The highest BCUT2D eigenvalue weighted by molar-refractivity contribution is 7.09. The molecule has 0 atom stereocenters. The minimum Gasteiger partial charge on any atom is -0.345 e. The average molecular weight is 369 g/mol. The maximum Gasteiger partial charge on any atom is 0.433 e. The van der Waals surface area contributed by atoms with Gasteiger partial charge < -0.3 is 5.32 Å². The smallest absolute Gasteiger partial charge is 0.345 e. The molecule has 1 aliphatic carbocycles. The SMILES string of the molecule is O=C(NCc1nc(C2CCCCC2)cs1)c1ccc(C(F)(F)F)nc1. The fourth-order valence-electron chi connectivity index (χ4n) is 2.95. The number of halogens is 3. The second-order valence-corrected chi connectivity index (χ2v) is 7.06. The summed E-state index contributed by atoms with van der Waals surface area (Å²) in [5.41, 5.74) is 0.170. The number of alkyl halides is 3. The van der Waals surface area contributed by atoms with Crippen LogP contribution in [0.15, 0.2) is 23.7 Å². The summed E-state index contributed by atoms with van der Waals surface area (Å²) in [5.74, 6) is 0.0456. The number of carbonyl (C=O) groups is 1. The van der Waals surface area contributed by atoms with Crippen LogP contribution in [0.5, 0.6) is 0 Å². The Labute approximate surface area is 147 Å². The lowest BCUT2D eigenvalue weighted by molar-refractivity contribution is -0.141. The molecule has 1 aliphatic rings. The van der Waals surface area contributed by atoms with Gasteiger partial charge in [-0.1, -0.05) is 19.3 Å². The van der Waals surface area contributed by atoms with Crippen molar-refractivity contribution in [3.8, 4) is 0 Å². The summed E-state index contributed by atoms with van der Waals surface area (Å²) in [6, 6.07) is 1.93. The Morgan fingerprint density at radius 2 is 2.00 bits per heavy atom. The third-order valence-corrected chi connectivity index (χ3v) is 5.18. The maximum absolute atomic E-state index is 12.5. The maximum atomic E-state index is 12.5. The number of nitrogens with zero attached hydrogens (tertiary/aromatic N) is 2. The molecule has 2 aromatic rings. The second kappa shape index (κ2) is 7.51. The summed E-state index contributed by atoms with van der Waals surface area (Å²) in [7, 11) is 0. The molecule has 2 aromatic heterocycles. The van der Waals surface area contributed by atoms with Crippen LogP contribution in [0, 0.1) is 0 Å². The van der Waals surface area contributed by atoms with Crippen molar-refractivity contribution in [2.75, 3.05) is 0 Å². The molecule has 2 heterocycles. The Morgan fingerprint density at radius 3 is 2.64 bits per heavy atom. The van der Waals surface area contributed by atoms with Gasteiger partial charge in [-0.05, 0) is 25.0 Å². The molecule has 1 amide bonds. The molecule has 3 rings (SSSR count). The third-order valence-electron chi connectivity index (χ3n) is 4.31. The van der Waals surface area contributed by atoms with E-state index in [2.05, 4.69) is 15.3 Å². The normalized spacial score (nSPS) is 16.0. The van der Waals surface area contributed by atoms with E-state index in [1.807, 2.05) is 5.38 Å². The number of amides is 1. The van der Waals surface area contributed by atoms with Gasteiger partial charge in [-0.2, -0.15) is 13.2 Å². The molecule has 1 fully saturated rings. The monoisotopic (exact) mass is 369 g/mol. The molecule has 0 saturated heterocycles. The predicted octanol–water partition coefficient (Wildman–Crippen LogP) is 4.53. The van der Waals surface area contributed by atoms with Gasteiger partial charge in [-0.15, -0.1) is 11.3 Å². The number of thiazole rings is 1. The first-order valence-corrected chi connectivity index (χ1v) is 9.07. The summed E-state index contributed by atoms with van der Waals surface area (Å²) in [6.07, 6.45) is 2.49. The van der Waals surface area contributed by atoms with Crippen molar-refractivity contribution in [1.82, 2.24) is 15.3 Å². The minimum atomic E-state index is -4.51. The Bertz CT molecular complexity index is 721. The molecule has 0 aromatic carbocycles. The number of nitrogens with one attached hydrogen (secondary N) is 1. The van der Waals surface area contributed by atoms with Crippen molar-refractivity contribution in [2.45, 2.75) is 50.7 Å². The standard InChI is InChI=1S/C17H18F3N3OS/c18-17(19,20)14-7-6-12(8-21-14)16(24)22-9-15-23-13(10-25-15)11-4-2-1-3-5-11/h6-8,10-11H,1-5,9H2,(H,22,24). The topological polar surface area (TPSA) is 54.9 Å². The van der Waals surface area contributed by atoms with Crippen molar-refractivity contribution >= 4 is 17.2 Å². The Hall–Kier alpha value is -1.96. The molecule has 0 aliphatic heterocycles. The van der Waals surface area contributed by atoms with E-state index in [9.17, 15) is 18.0 Å². The Balaban J connectivity index is 1.56. The molecule has 4 nitrogen and oxygen atoms in total. The van der Waals surface area contributed by atoms with Gasteiger partial charge in [0.15, 0.2) is 0 Å². The van der Waals surface area contributed by atoms with Crippen LogP contribution in [0.25, 0.3) is 0 Å². The van der Waals surface area contributed by atoms with Gasteiger partial charge in [0.05, 0.1) is 17.8 Å². The molecule has 1 saturated carbocycles. The van der Waals surface area contributed by atoms with Crippen LogP contribution in [-0.2, 0) is 12.7 Å². The lowest BCUT2D eigenvalue weighted by Crippen LogP contribution is -2.23. The van der Waals surface area contributed by atoms with E-state index in [1.54, 1.807) is 0 Å². The van der Waals surface area contributed by atoms with Crippen molar-refractivity contribution in [2.24, 2.45) is 0 Å².